The Balaban J connectivity index is 1.80. The van der Waals surface area contributed by atoms with Crippen LogP contribution in [0, 0.1) is 0 Å². The van der Waals surface area contributed by atoms with E-state index in [0.717, 1.165) is 24.8 Å². The number of rotatable bonds is 5. The highest BCUT2D eigenvalue weighted by Gasteiger charge is 2.19. The Morgan fingerprint density at radius 1 is 1.28 bits per heavy atom. The molecule has 29 heavy (non-hydrogen) atoms. The molecule has 0 aliphatic carbocycles. The zero-order valence-corrected chi connectivity index (χ0v) is 16.7. The molecule has 0 bridgehead atoms. The van der Waals surface area contributed by atoms with Gasteiger partial charge in [0.05, 0.1) is 23.9 Å². The lowest BCUT2D eigenvalue weighted by atomic mass is 10.1. The molecule has 1 amide bonds. The Kier molecular flexibility index (Phi) is 5.83. The summed E-state index contributed by atoms with van der Waals surface area (Å²) in [6.45, 7) is 1.18. The fourth-order valence-corrected chi connectivity index (χ4v) is 3.47. The summed E-state index contributed by atoms with van der Waals surface area (Å²) in [5, 5.41) is 4.13. The maximum atomic E-state index is 12.9. The van der Waals surface area contributed by atoms with Gasteiger partial charge in [0.25, 0.3) is 5.91 Å². The van der Waals surface area contributed by atoms with Gasteiger partial charge in [-0.1, -0.05) is 35.9 Å². The highest BCUT2D eigenvalue weighted by molar-refractivity contribution is 6.32. The van der Waals surface area contributed by atoms with Crippen molar-refractivity contribution in [2.45, 2.75) is 18.9 Å². The molecular formula is C22H21ClN2O4. The summed E-state index contributed by atoms with van der Waals surface area (Å²) < 4.78 is 17.0. The van der Waals surface area contributed by atoms with Crippen LogP contribution in [-0.2, 0) is 4.74 Å². The Morgan fingerprint density at radius 3 is 2.90 bits per heavy atom. The minimum atomic E-state index is -0.278. The molecule has 2 heterocycles. The van der Waals surface area contributed by atoms with Crippen molar-refractivity contribution < 1.29 is 18.7 Å². The molecule has 4 rings (SSSR count). The third-order valence-corrected chi connectivity index (χ3v) is 5.11. The van der Waals surface area contributed by atoms with Crippen LogP contribution >= 0.6 is 11.6 Å². The Bertz CT molecular complexity index is 1100. The molecule has 1 aromatic heterocycles. The van der Waals surface area contributed by atoms with Gasteiger partial charge in [-0.2, -0.15) is 0 Å². The number of nitrogens with one attached hydrogen (secondary N) is 1. The lowest BCUT2D eigenvalue weighted by Crippen LogP contribution is -2.34. The summed E-state index contributed by atoms with van der Waals surface area (Å²) in [6.07, 6.45) is 2.00. The molecule has 0 unspecified atom stereocenters. The van der Waals surface area contributed by atoms with Crippen LogP contribution in [0.2, 0.25) is 5.02 Å². The monoisotopic (exact) mass is 412 g/mol. The van der Waals surface area contributed by atoms with Crippen molar-refractivity contribution in [2.24, 2.45) is 4.99 Å². The molecule has 1 aliphatic heterocycles. The normalized spacial score (nSPS) is 16.9. The second kappa shape index (κ2) is 8.68. The van der Waals surface area contributed by atoms with Gasteiger partial charge in [0.2, 0.25) is 5.55 Å². The Morgan fingerprint density at radius 2 is 2.14 bits per heavy atom. The van der Waals surface area contributed by atoms with Crippen LogP contribution in [0.25, 0.3) is 11.0 Å². The van der Waals surface area contributed by atoms with Crippen LogP contribution in [0.1, 0.15) is 23.2 Å². The first kappa shape index (κ1) is 19.5. The van der Waals surface area contributed by atoms with Crippen LogP contribution < -0.4 is 15.6 Å². The summed E-state index contributed by atoms with van der Waals surface area (Å²) in [6, 6.07) is 14.4. The number of nitrogens with zero attached hydrogens (tertiary/aromatic N) is 1. The molecule has 6 nitrogen and oxygen atoms in total. The van der Waals surface area contributed by atoms with Crippen molar-refractivity contribution in [1.82, 2.24) is 5.32 Å². The van der Waals surface area contributed by atoms with E-state index in [-0.39, 0.29) is 17.6 Å². The number of fused-ring (bicyclic) bond motifs is 1. The van der Waals surface area contributed by atoms with Gasteiger partial charge in [0, 0.05) is 18.5 Å². The van der Waals surface area contributed by atoms with Gasteiger partial charge in [0.1, 0.15) is 5.56 Å². The van der Waals surface area contributed by atoms with Crippen molar-refractivity contribution in [1.29, 1.82) is 0 Å². The lowest BCUT2D eigenvalue weighted by molar-refractivity contribution is 0.0854. The number of carbonyl (C=O) groups excluding carboxylic acids is 1. The molecule has 1 N–H and O–H groups in total. The van der Waals surface area contributed by atoms with Crippen molar-refractivity contribution >= 4 is 34.2 Å². The number of carbonyl (C=O) groups is 1. The van der Waals surface area contributed by atoms with Crippen LogP contribution in [0.15, 0.2) is 57.9 Å². The predicted molar refractivity (Wildman–Crippen MR) is 111 cm³/mol. The van der Waals surface area contributed by atoms with Crippen LogP contribution in [0.4, 0.5) is 5.69 Å². The maximum absolute atomic E-state index is 12.9. The zero-order chi connectivity index (χ0) is 20.2. The van der Waals surface area contributed by atoms with E-state index in [1.165, 1.54) is 0 Å². The molecule has 3 aromatic rings. The van der Waals surface area contributed by atoms with Gasteiger partial charge >= 0.3 is 0 Å². The molecule has 1 aliphatic rings. The molecule has 1 fully saturated rings. The van der Waals surface area contributed by atoms with E-state index in [9.17, 15) is 4.79 Å². The topological polar surface area (TPSA) is 73.1 Å². The second-order valence-corrected chi connectivity index (χ2v) is 7.16. The van der Waals surface area contributed by atoms with Gasteiger partial charge in [-0.05, 0) is 37.1 Å². The Hall–Kier alpha value is -2.83. The number of hydrogen-bond donors (Lipinski definition) is 1. The first-order valence-corrected chi connectivity index (χ1v) is 9.83. The largest absolute Gasteiger partial charge is 0.493 e. The summed E-state index contributed by atoms with van der Waals surface area (Å²) in [7, 11) is 1.57. The quantitative estimate of drug-likeness (QED) is 0.680. The van der Waals surface area contributed by atoms with Gasteiger partial charge in [-0.15, -0.1) is 0 Å². The van der Waals surface area contributed by atoms with Crippen LogP contribution in [0.3, 0.4) is 0 Å². The van der Waals surface area contributed by atoms with Crippen molar-refractivity contribution in [3.8, 4) is 5.75 Å². The van der Waals surface area contributed by atoms with Gasteiger partial charge in [-0.3, -0.25) is 4.79 Å². The summed E-state index contributed by atoms with van der Waals surface area (Å²) in [5.74, 6) is 0.282. The fourth-order valence-electron chi connectivity index (χ4n) is 3.29. The van der Waals surface area contributed by atoms with E-state index >= 15 is 0 Å². The van der Waals surface area contributed by atoms with E-state index in [4.69, 9.17) is 25.5 Å². The summed E-state index contributed by atoms with van der Waals surface area (Å²) >= 11 is 6.25. The third kappa shape index (κ3) is 4.28. The van der Waals surface area contributed by atoms with Crippen LogP contribution in [0.5, 0.6) is 5.75 Å². The number of methoxy groups -OCH3 is 1. The number of halogens is 1. The van der Waals surface area contributed by atoms with Crippen molar-refractivity contribution in [3.63, 3.8) is 0 Å². The van der Waals surface area contributed by atoms with E-state index in [2.05, 4.69) is 10.3 Å². The second-order valence-electron chi connectivity index (χ2n) is 6.75. The molecular weight excluding hydrogens is 392 g/mol. The van der Waals surface area contributed by atoms with Gasteiger partial charge in [0.15, 0.2) is 11.3 Å². The molecule has 7 heteroatoms. The maximum Gasteiger partial charge on any atom is 0.256 e. The molecule has 2 aromatic carbocycles. The summed E-state index contributed by atoms with van der Waals surface area (Å²) in [4.78, 5) is 17.5. The molecule has 1 saturated heterocycles. The van der Waals surface area contributed by atoms with E-state index < -0.39 is 0 Å². The van der Waals surface area contributed by atoms with Crippen LogP contribution in [-0.4, -0.2) is 32.3 Å². The predicted octanol–water partition coefficient (Wildman–Crippen LogP) is 4.24. The zero-order valence-electron chi connectivity index (χ0n) is 16.0. The minimum absolute atomic E-state index is 0.0420. The SMILES string of the molecule is COc1cccc2cc(C(=O)NC[C@H]3CCCO3)c(=Nc3ccccc3Cl)oc12. The minimum Gasteiger partial charge on any atom is -0.493 e. The van der Waals surface area contributed by atoms with E-state index in [1.54, 1.807) is 31.4 Å². The first-order valence-electron chi connectivity index (χ1n) is 9.45. The number of benzene rings is 2. The molecule has 0 spiro atoms. The summed E-state index contributed by atoms with van der Waals surface area (Å²) in [5.41, 5.74) is 1.51. The standard InChI is InChI=1S/C22H21ClN2O4/c1-27-19-10-4-6-14-12-16(21(26)24-13-15-7-5-11-28-15)22(29-20(14)19)25-18-9-3-2-8-17(18)23/h2-4,6,8-10,12,15H,5,7,11,13H2,1H3,(H,24,26)/t15-/m1/s1. The number of ether oxygens (including phenoxy) is 2. The van der Waals surface area contributed by atoms with Crippen molar-refractivity contribution in [3.05, 3.63) is 64.7 Å². The number of amides is 1. The average Bonchev–Trinajstić information content (AvgIpc) is 3.26. The Labute approximate surface area is 173 Å². The highest BCUT2D eigenvalue weighted by Crippen LogP contribution is 2.26. The molecule has 150 valence electrons. The van der Waals surface area contributed by atoms with Gasteiger partial charge < -0.3 is 19.2 Å². The average molecular weight is 413 g/mol. The van der Waals surface area contributed by atoms with Gasteiger partial charge in [-0.25, -0.2) is 4.99 Å². The fraction of sp³-hybridized carbons (Fsp3) is 0.273. The molecule has 1 atom stereocenters. The highest BCUT2D eigenvalue weighted by atomic mass is 35.5. The smallest absolute Gasteiger partial charge is 0.256 e. The van der Waals surface area contributed by atoms with E-state index in [0.29, 0.717) is 34.2 Å². The number of para-hydroxylation sites is 2. The van der Waals surface area contributed by atoms with Crippen molar-refractivity contribution in [2.75, 3.05) is 20.3 Å². The third-order valence-electron chi connectivity index (χ3n) is 4.79. The molecule has 0 saturated carbocycles. The number of hydrogen-bond acceptors (Lipinski definition) is 5. The van der Waals surface area contributed by atoms with E-state index in [1.807, 2.05) is 24.3 Å². The first-order chi connectivity index (χ1) is 14.2. The molecule has 0 radical (unpaired) electrons. The lowest BCUT2D eigenvalue weighted by Gasteiger charge is -2.12.